The Morgan fingerprint density at radius 1 is 1.08 bits per heavy atom. The van der Waals surface area contributed by atoms with Gasteiger partial charge in [-0.3, -0.25) is 9.48 Å². The summed E-state index contributed by atoms with van der Waals surface area (Å²) in [6.07, 6.45) is 3.44. The summed E-state index contributed by atoms with van der Waals surface area (Å²) in [6, 6.07) is 18.4. The Morgan fingerprint density at radius 2 is 1.84 bits per heavy atom. The molecule has 1 aliphatic heterocycles. The van der Waals surface area contributed by atoms with Gasteiger partial charge in [-0.1, -0.05) is 41.9 Å². The number of amides is 1. The molecule has 0 bridgehead atoms. The van der Waals surface area contributed by atoms with Crippen molar-refractivity contribution in [1.29, 1.82) is 0 Å². The minimum Gasteiger partial charge on any atom is -0.489 e. The second-order valence-electron chi connectivity index (χ2n) is 10.4. The standard InChI is InChI=1S/C30H26ClF2N3O2/c1-19-15-34-36(28(19)24-11-21(32)7-9-26(24)31)22-13-30(14-22)17-35(18-30)29(37)25-12-23(8-10-27(25)33)38-16-20-5-3-2-4-6-20/h2-12,15,22H,13-14,16-18H2,1H3. The predicted octanol–water partition coefficient (Wildman–Crippen LogP) is 6.85. The molecular weight excluding hydrogens is 508 g/mol. The van der Waals surface area contributed by atoms with E-state index in [-0.39, 0.29) is 28.7 Å². The fourth-order valence-corrected chi connectivity index (χ4v) is 5.89. The highest BCUT2D eigenvalue weighted by Crippen LogP contribution is 2.55. The number of benzene rings is 3. The summed E-state index contributed by atoms with van der Waals surface area (Å²) in [5, 5.41) is 5.04. The monoisotopic (exact) mass is 533 g/mol. The van der Waals surface area contributed by atoms with Crippen molar-refractivity contribution in [2.45, 2.75) is 32.4 Å². The fraction of sp³-hybridized carbons (Fsp3) is 0.267. The molecule has 0 radical (unpaired) electrons. The van der Waals surface area contributed by atoms with Crippen LogP contribution < -0.4 is 4.74 Å². The molecule has 0 atom stereocenters. The summed E-state index contributed by atoms with van der Waals surface area (Å²) >= 11 is 6.39. The van der Waals surface area contributed by atoms with E-state index >= 15 is 0 Å². The van der Waals surface area contributed by atoms with Crippen LogP contribution in [0.4, 0.5) is 8.78 Å². The van der Waals surface area contributed by atoms with Gasteiger partial charge in [0.2, 0.25) is 0 Å². The Kier molecular flexibility index (Phi) is 6.19. The number of carbonyl (C=O) groups excluding carboxylic acids is 1. The topological polar surface area (TPSA) is 47.4 Å². The maximum absolute atomic E-state index is 14.6. The lowest BCUT2D eigenvalue weighted by atomic mass is 9.60. The van der Waals surface area contributed by atoms with E-state index in [0.29, 0.717) is 36.0 Å². The van der Waals surface area contributed by atoms with E-state index in [9.17, 15) is 13.6 Å². The van der Waals surface area contributed by atoms with Crippen LogP contribution in [0.25, 0.3) is 11.3 Å². The molecule has 1 spiro atoms. The summed E-state index contributed by atoms with van der Waals surface area (Å²) in [7, 11) is 0. The zero-order chi connectivity index (χ0) is 26.4. The molecule has 4 aromatic rings. The predicted molar refractivity (Wildman–Crippen MR) is 141 cm³/mol. The Bertz CT molecular complexity index is 1510. The van der Waals surface area contributed by atoms with Gasteiger partial charge in [0, 0.05) is 24.1 Å². The van der Waals surface area contributed by atoms with E-state index in [0.717, 1.165) is 29.7 Å². The number of rotatable bonds is 6. The van der Waals surface area contributed by atoms with E-state index in [2.05, 4.69) is 5.10 Å². The molecule has 6 rings (SSSR count). The normalized spacial score (nSPS) is 16.3. The molecule has 2 fully saturated rings. The number of ether oxygens (including phenoxy) is 1. The second kappa shape index (κ2) is 9.55. The van der Waals surface area contributed by atoms with E-state index < -0.39 is 5.82 Å². The van der Waals surface area contributed by atoms with Crippen LogP contribution in [0.5, 0.6) is 5.75 Å². The average molecular weight is 534 g/mol. The summed E-state index contributed by atoms with van der Waals surface area (Å²) in [4.78, 5) is 14.8. The highest BCUT2D eigenvalue weighted by Gasteiger charge is 2.55. The fourth-order valence-electron chi connectivity index (χ4n) is 5.69. The van der Waals surface area contributed by atoms with E-state index in [1.165, 1.54) is 30.3 Å². The van der Waals surface area contributed by atoms with Crippen LogP contribution in [0.3, 0.4) is 0 Å². The van der Waals surface area contributed by atoms with Gasteiger partial charge in [0.05, 0.1) is 28.5 Å². The van der Waals surface area contributed by atoms with Crippen molar-refractivity contribution < 1.29 is 18.3 Å². The average Bonchev–Trinajstić information content (AvgIpc) is 3.24. The van der Waals surface area contributed by atoms with Gasteiger partial charge in [0.25, 0.3) is 5.91 Å². The van der Waals surface area contributed by atoms with Crippen LogP contribution in [-0.4, -0.2) is 33.7 Å². The third-order valence-corrected chi connectivity index (χ3v) is 7.93. The van der Waals surface area contributed by atoms with E-state index in [1.807, 2.05) is 41.9 Å². The van der Waals surface area contributed by atoms with Crippen molar-refractivity contribution in [3.05, 3.63) is 106 Å². The molecule has 3 aromatic carbocycles. The van der Waals surface area contributed by atoms with Gasteiger partial charge in [-0.05, 0) is 67.3 Å². The molecule has 1 aliphatic carbocycles. The Balaban J connectivity index is 1.11. The Hall–Kier alpha value is -3.71. The number of nitrogens with zero attached hydrogens (tertiary/aromatic N) is 3. The summed E-state index contributed by atoms with van der Waals surface area (Å²) in [5.41, 5.74) is 3.36. The largest absolute Gasteiger partial charge is 0.489 e. The molecule has 0 N–H and O–H groups in total. The maximum atomic E-state index is 14.6. The molecule has 5 nitrogen and oxygen atoms in total. The molecule has 2 aliphatic rings. The first-order valence-electron chi connectivity index (χ1n) is 12.6. The molecule has 2 heterocycles. The number of aryl methyl sites for hydroxylation is 1. The third kappa shape index (κ3) is 4.45. The number of carbonyl (C=O) groups is 1. The Labute approximate surface area is 224 Å². The minimum atomic E-state index is -0.557. The second-order valence-corrected chi connectivity index (χ2v) is 10.8. The van der Waals surface area contributed by atoms with Gasteiger partial charge in [0.15, 0.2) is 0 Å². The summed E-state index contributed by atoms with van der Waals surface area (Å²) in [6.45, 7) is 3.40. The number of likely N-dealkylation sites (tertiary alicyclic amines) is 1. The van der Waals surface area contributed by atoms with Crippen molar-refractivity contribution in [3.63, 3.8) is 0 Å². The van der Waals surface area contributed by atoms with Gasteiger partial charge in [-0.2, -0.15) is 5.10 Å². The maximum Gasteiger partial charge on any atom is 0.257 e. The van der Waals surface area contributed by atoms with Crippen molar-refractivity contribution in [3.8, 4) is 17.0 Å². The zero-order valence-corrected chi connectivity index (χ0v) is 21.6. The quantitative estimate of drug-likeness (QED) is 0.272. The Morgan fingerprint density at radius 3 is 2.61 bits per heavy atom. The third-order valence-electron chi connectivity index (χ3n) is 7.60. The minimum absolute atomic E-state index is 0.0128. The zero-order valence-electron chi connectivity index (χ0n) is 20.8. The van der Waals surface area contributed by atoms with Crippen molar-refractivity contribution in [1.82, 2.24) is 14.7 Å². The van der Waals surface area contributed by atoms with Crippen LogP contribution in [0.2, 0.25) is 5.02 Å². The number of halogens is 3. The number of hydrogen-bond acceptors (Lipinski definition) is 3. The number of aromatic nitrogens is 2. The molecular formula is C30H26ClF2N3O2. The van der Waals surface area contributed by atoms with Crippen LogP contribution in [-0.2, 0) is 6.61 Å². The van der Waals surface area contributed by atoms with E-state index in [1.54, 1.807) is 17.2 Å². The lowest BCUT2D eigenvalue weighted by Gasteiger charge is -2.59. The van der Waals surface area contributed by atoms with E-state index in [4.69, 9.17) is 16.3 Å². The first kappa shape index (κ1) is 24.6. The van der Waals surface area contributed by atoms with Crippen molar-refractivity contribution in [2.24, 2.45) is 5.41 Å². The molecule has 1 aromatic heterocycles. The lowest BCUT2D eigenvalue weighted by molar-refractivity contribution is -0.0735. The van der Waals surface area contributed by atoms with Gasteiger partial charge < -0.3 is 9.64 Å². The highest BCUT2D eigenvalue weighted by atomic mass is 35.5. The number of hydrogen-bond donors (Lipinski definition) is 0. The smallest absolute Gasteiger partial charge is 0.257 e. The van der Waals surface area contributed by atoms with Crippen LogP contribution in [0.15, 0.2) is 72.9 Å². The molecule has 194 valence electrons. The highest BCUT2D eigenvalue weighted by molar-refractivity contribution is 6.33. The molecule has 8 heteroatoms. The molecule has 1 saturated heterocycles. The van der Waals surface area contributed by atoms with Crippen LogP contribution in [0, 0.1) is 24.0 Å². The van der Waals surface area contributed by atoms with Gasteiger partial charge >= 0.3 is 0 Å². The molecule has 1 saturated carbocycles. The lowest BCUT2D eigenvalue weighted by Crippen LogP contribution is -2.64. The first-order chi connectivity index (χ1) is 18.3. The first-order valence-corrected chi connectivity index (χ1v) is 12.9. The summed E-state index contributed by atoms with van der Waals surface area (Å²) < 4.78 is 36.3. The van der Waals surface area contributed by atoms with Crippen LogP contribution >= 0.6 is 11.6 Å². The van der Waals surface area contributed by atoms with Crippen molar-refractivity contribution in [2.75, 3.05) is 13.1 Å². The van der Waals surface area contributed by atoms with Crippen LogP contribution in [0.1, 0.15) is 40.4 Å². The van der Waals surface area contributed by atoms with Gasteiger partial charge in [-0.15, -0.1) is 0 Å². The molecule has 0 unspecified atom stereocenters. The van der Waals surface area contributed by atoms with Gasteiger partial charge in [-0.25, -0.2) is 8.78 Å². The molecule has 1 amide bonds. The molecule has 38 heavy (non-hydrogen) atoms. The van der Waals surface area contributed by atoms with Gasteiger partial charge in [0.1, 0.15) is 24.0 Å². The van der Waals surface area contributed by atoms with Crippen molar-refractivity contribution >= 4 is 17.5 Å². The summed E-state index contributed by atoms with van der Waals surface area (Å²) in [5.74, 6) is -0.784. The SMILES string of the molecule is Cc1cnn(C2CC3(C2)CN(C(=O)c2cc(OCc4ccccc4)ccc2F)C3)c1-c1cc(F)ccc1Cl.